The standard InChI is InChI=1S/C20H28ClN3O3/c1-14(2)12-23-8-9-27-16(13-23)11-22-20(26)17-6-5-15(21)10-18(17)24-7-3-4-19(24)25/h5-6,10,14,16H,3-4,7-9,11-13H2,1-2H3,(H,22,26). The highest BCUT2D eigenvalue weighted by Crippen LogP contribution is 2.28. The van der Waals surface area contributed by atoms with Gasteiger partial charge >= 0.3 is 0 Å². The van der Waals surface area contributed by atoms with Crippen molar-refractivity contribution in [2.24, 2.45) is 5.92 Å². The Morgan fingerprint density at radius 3 is 2.89 bits per heavy atom. The van der Waals surface area contributed by atoms with Gasteiger partial charge in [0.25, 0.3) is 5.91 Å². The van der Waals surface area contributed by atoms with E-state index in [9.17, 15) is 9.59 Å². The van der Waals surface area contributed by atoms with Crippen molar-refractivity contribution in [1.82, 2.24) is 10.2 Å². The van der Waals surface area contributed by atoms with E-state index >= 15 is 0 Å². The van der Waals surface area contributed by atoms with Crippen LogP contribution < -0.4 is 10.2 Å². The highest BCUT2D eigenvalue weighted by atomic mass is 35.5. The summed E-state index contributed by atoms with van der Waals surface area (Å²) in [5.74, 6) is 0.435. The summed E-state index contributed by atoms with van der Waals surface area (Å²) in [6, 6.07) is 5.06. The van der Waals surface area contributed by atoms with Gasteiger partial charge < -0.3 is 15.0 Å². The maximum atomic E-state index is 12.8. The first-order chi connectivity index (χ1) is 12.9. The van der Waals surface area contributed by atoms with Gasteiger partial charge in [-0.2, -0.15) is 0 Å². The number of rotatable bonds is 6. The number of benzene rings is 1. The third kappa shape index (κ3) is 5.21. The Bertz CT molecular complexity index is 695. The van der Waals surface area contributed by atoms with Crippen LogP contribution in [0.4, 0.5) is 5.69 Å². The van der Waals surface area contributed by atoms with Crippen LogP contribution in [0.15, 0.2) is 18.2 Å². The van der Waals surface area contributed by atoms with Crippen molar-refractivity contribution >= 4 is 29.1 Å². The van der Waals surface area contributed by atoms with E-state index in [-0.39, 0.29) is 17.9 Å². The van der Waals surface area contributed by atoms with Crippen LogP contribution in [0.5, 0.6) is 0 Å². The molecule has 148 valence electrons. The molecular weight excluding hydrogens is 366 g/mol. The van der Waals surface area contributed by atoms with Crippen LogP contribution in [0, 0.1) is 5.92 Å². The van der Waals surface area contributed by atoms with Gasteiger partial charge in [0.05, 0.1) is 24.0 Å². The number of carbonyl (C=O) groups excluding carboxylic acids is 2. The van der Waals surface area contributed by atoms with Crippen LogP contribution in [0.25, 0.3) is 0 Å². The number of halogens is 1. The van der Waals surface area contributed by atoms with Gasteiger partial charge in [0.15, 0.2) is 0 Å². The molecule has 0 aromatic heterocycles. The normalized spacial score (nSPS) is 21.1. The number of ether oxygens (including phenoxy) is 1. The van der Waals surface area contributed by atoms with E-state index in [1.165, 1.54) is 0 Å². The van der Waals surface area contributed by atoms with Crippen molar-refractivity contribution < 1.29 is 14.3 Å². The molecule has 0 radical (unpaired) electrons. The lowest BCUT2D eigenvalue weighted by molar-refractivity contribution is -0.117. The maximum Gasteiger partial charge on any atom is 0.253 e. The second kappa shape index (κ2) is 9.04. The molecular formula is C20H28ClN3O3. The third-order valence-corrected chi connectivity index (χ3v) is 5.14. The topological polar surface area (TPSA) is 61.9 Å². The van der Waals surface area contributed by atoms with Crippen molar-refractivity contribution in [3.05, 3.63) is 28.8 Å². The predicted molar refractivity (Wildman–Crippen MR) is 106 cm³/mol. The Balaban J connectivity index is 1.63. The average Bonchev–Trinajstić information content (AvgIpc) is 3.05. The molecule has 0 bridgehead atoms. The van der Waals surface area contributed by atoms with Crippen molar-refractivity contribution in [2.75, 3.05) is 44.2 Å². The van der Waals surface area contributed by atoms with Crippen LogP contribution in [0.1, 0.15) is 37.0 Å². The minimum Gasteiger partial charge on any atom is -0.374 e. The molecule has 1 unspecified atom stereocenters. The molecule has 27 heavy (non-hydrogen) atoms. The maximum absolute atomic E-state index is 12.8. The molecule has 2 fully saturated rings. The molecule has 2 amide bonds. The van der Waals surface area contributed by atoms with Gasteiger partial charge in [-0.05, 0) is 30.5 Å². The zero-order valence-electron chi connectivity index (χ0n) is 16.0. The highest BCUT2D eigenvalue weighted by molar-refractivity contribution is 6.31. The fourth-order valence-electron chi connectivity index (χ4n) is 3.71. The number of morpholine rings is 1. The van der Waals surface area contributed by atoms with E-state index in [4.69, 9.17) is 16.3 Å². The van der Waals surface area contributed by atoms with E-state index in [2.05, 4.69) is 24.1 Å². The van der Waals surface area contributed by atoms with E-state index < -0.39 is 0 Å². The molecule has 2 saturated heterocycles. The molecule has 2 heterocycles. The fraction of sp³-hybridized carbons (Fsp3) is 0.600. The minimum absolute atomic E-state index is 0.0226. The fourth-order valence-corrected chi connectivity index (χ4v) is 3.88. The van der Waals surface area contributed by atoms with Gasteiger partial charge in [-0.1, -0.05) is 25.4 Å². The van der Waals surface area contributed by atoms with Crippen LogP contribution in [0.2, 0.25) is 5.02 Å². The van der Waals surface area contributed by atoms with Crippen molar-refractivity contribution in [3.63, 3.8) is 0 Å². The van der Waals surface area contributed by atoms with Gasteiger partial charge in [0.1, 0.15) is 0 Å². The molecule has 0 spiro atoms. The second-order valence-corrected chi connectivity index (χ2v) is 8.10. The van der Waals surface area contributed by atoms with E-state index in [0.29, 0.717) is 48.3 Å². The molecule has 2 aliphatic rings. The molecule has 0 saturated carbocycles. The Morgan fingerprint density at radius 2 is 2.19 bits per heavy atom. The smallest absolute Gasteiger partial charge is 0.253 e. The first-order valence-corrected chi connectivity index (χ1v) is 10.0. The Labute approximate surface area is 165 Å². The summed E-state index contributed by atoms with van der Waals surface area (Å²) in [5.41, 5.74) is 1.07. The molecule has 6 nitrogen and oxygen atoms in total. The predicted octanol–water partition coefficient (Wildman–Crippen LogP) is 2.55. The van der Waals surface area contributed by atoms with Crippen LogP contribution >= 0.6 is 11.6 Å². The third-order valence-electron chi connectivity index (χ3n) is 4.91. The summed E-state index contributed by atoms with van der Waals surface area (Å²) in [5, 5.41) is 3.48. The van der Waals surface area contributed by atoms with Crippen molar-refractivity contribution in [1.29, 1.82) is 0 Å². The molecule has 1 N–H and O–H groups in total. The SMILES string of the molecule is CC(C)CN1CCOC(CNC(=O)c2ccc(Cl)cc2N2CCCC2=O)C1. The average molecular weight is 394 g/mol. The summed E-state index contributed by atoms with van der Waals surface area (Å²) < 4.78 is 5.80. The summed E-state index contributed by atoms with van der Waals surface area (Å²) in [4.78, 5) is 28.9. The number of nitrogens with one attached hydrogen (secondary N) is 1. The Kier molecular flexibility index (Phi) is 6.73. The van der Waals surface area contributed by atoms with Gasteiger partial charge in [-0.25, -0.2) is 0 Å². The highest BCUT2D eigenvalue weighted by Gasteiger charge is 2.27. The summed E-state index contributed by atoms with van der Waals surface area (Å²) in [7, 11) is 0. The Hall–Kier alpha value is -1.63. The van der Waals surface area contributed by atoms with Crippen molar-refractivity contribution in [3.8, 4) is 0 Å². The van der Waals surface area contributed by atoms with E-state index in [1.54, 1.807) is 23.1 Å². The summed E-state index contributed by atoms with van der Waals surface area (Å²) >= 11 is 6.11. The summed E-state index contributed by atoms with van der Waals surface area (Å²) in [6.45, 7) is 8.94. The van der Waals surface area contributed by atoms with Gasteiger partial charge in [-0.15, -0.1) is 0 Å². The van der Waals surface area contributed by atoms with Crippen LogP contribution in [0.3, 0.4) is 0 Å². The zero-order chi connectivity index (χ0) is 19.4. The monoisotopic (exact) mass is 393 g/mol. The lowest BCUT2D eigenvalue weighted by Gasteiger charge is -2.34. The first kappa shape index (κ1) is 20.1. The molecule has 1 aromatic carbocycles. The van der Waals surface area contributed by atoms with Gasteiger partial charge in [0.2, 0.25) is 5.91 Å². The minimum atomic E-state index is -0.203. The molecule has 7 heteroatoms. The first-order valence-electron chi connectivity index (χ1n) is 9.66. The van der Waals surface area contributed by atoms with Gasteiger partial charge in [0, 0.05) is 44.2 Å². The van der Waals surface area contributed by atoms with Crippen LogP contribution in [-0.4, -0.2) is 62.1 Å². The quantitative estimate of drug-likeness (QED) is 0.806. The van der Waals surface area contributed by atoms with E-state index in [0.717, 1.165) is 26.1 Å². The number of anilines is 1. The Morgan fingerprint density at radius 1 is 1.37 bits per heavy atom. The molecule has 0 aliphatic carbocycles. The molecule has 2 aliphatic heterocycles. The van der Waals surface area contributed by atoms with Gasteiger partial charge in [-0.3, -0.25) is 14.5 Å². The number of nitrogens with zero attached hydrogens (tertiary/aromatic N) is 2. The lowest BCUT2D eigenvalue weighted by atomic mass is 10.1. The lowest BCUT2D eigenvalue weighted by Crippen LogP contribution is -2.48. The second-order valence-electron chi connectivity index (χ2n) is 7.67. The number of amides is 2. The van der Waals surface area contributed by atoms with Crippen molar-refractivity contribution in [2.45, 2.75) is 32.8 Å². The molecule has 3 rings (SSSR count). The van der Waals surface area contributed by atoms with Crippen LogP contribution in [-0.2, 0) is 9.53 Å². The molecule has 1 atom stereocenters. The zero-order valence-corrected chi connectivity index (χ0v) is 16.8. The summed E-state index contributed by atoms with van der Waals surface area (Å²) in [6.07, 6.45) is 1.29. The largest absolute Gasteiger partial charge is 0.374 e. The molecule has 1 aromatic rings. The number of carbonyl (C=O) groups is 2. The van der Waals surface area contributed by atoms with E-state index in [1.807, 2.05) is 0 Å². The number of hydrogen-bond acceptors (Lipinski definition) is 4. The number of hydrogen-bond donors (Lipinski definition) is 1.